The predicted octanol–water partition coefficient (Wildman–Crippen LogP) is 2.46. The molecule has 1 saturated heterocycles. The van der Waals surface area contributed by atoms with E-state index in [0.29, 0.717) is 17.9 Å². The smallest absolute Gasteiger partial charge is 0.315 e. The van der Waals surface area contributed by atoms with E-state index >= 15 is 0 Å². The SMILES string of the molecule is CN(C)c1ccccc1C(=O)N1C[C@@H]2c3ccccc3OC[C@]2(C(=O)O)C1. The number of rotatable bonds is 3. The number of fused-ring (bicyclic) bond motifs is 3. The highest BCUT2D eigenvalue weighted by molar-refractivity contribution is 6.00. The van der Waals surface area contributed by atoms with E-state index in [1.54, 1.807) is 11.0 Å². The molecule has 1 fully saturated rings. The van der Waals surface area contributed by atoms with Crippen LogP contribution in [-0.2, 0) is 4.79 Å². The fourth-order valence-corrected chi connectivity index (χ4v) is 4.21. The summed E-state index contributed by atoms with van der Waals surface area (Å²) in [5.41, 5.74) is 1.15. The lowest BCUT2D eigenvalue weighted by Crippen LogP contribution is -2.46. The van der Waals surface area contributed by atoms with Crippen LogP contribution in [0.1, 0.15) is 21.8 Å². The molecule has 2 aliphatic rings. The summed E-state index contributed by atoms with van der Waals surface area (Å²) in [4.78, 5) is 29.0. The highest BCUT2D eigenvalue weighted by Gasteiger charge is 2.57. The van der Waals surface area contributed by atoms with Crippen molar-refractivity contribution >= 4 is 17.6 Å². The number of anilines is 1. The summed E-state index contributed by atoms with van der Waals surface area (Å²) in [6.45, 7) is 0.582. The lowest BCUT2D eigenvalue weighted by molar-refractivity contribution is -0.151. The lowest BCUT2D eigenvalue weighted by Gasteiger charge is -2.35. The van der Waals surface area contributed by atoms with Crippen molar-refractivity contribution in [1.29, 1.82) is 0 Å². The number of para-hydroxylation sites is 2. The van der Waals surface area contributed by atoms with Gasteiger partial charge in [-0.3, -0.25) is 9.59 Å². The van der Waals surface area contributed by atoms with Crippen LogP contribution in [0, 0.1) is 5.41 Å². The number of carboxylic acid groups (broad SMARTS) is 1. The summed E-state index contributed by atoms with van der Waals surface area (Å²) in [5, 5.41) is 10.0. The minimum absolute atomic E-state index is 0.0725. The van der Waals surface area contributed by atoms with Gasteiger partial charge >= 0.3 is 5.97 Å². The predicted molar refractivity (Wildman–Crippen MR) is 101 cm³/mol. The van der Waals surface area contributed by atoms with Crippen LogP contribution in [0.5, 0.6) is 5.75 Å². The van der Waals surface area contributed by atoms with Crippen molar-refractivity contribution in [2.24, 2.45) is 5.41 Å². The van der Waals surface area contributed by atoms with E-state index in [-0.39, 0.29) is 25.0 Å². The zero-order chi connectivity index (χ0) is 19.2. The number of carbonyl (C=O) groups excluding carboxylic acids is 1. The second kappa shape index (κ2) is 6.30. The second-order valence-electron chi connectivity index (χ2n) is 7.44. The Kier molecular flexibility index (Phi) is 4.06. The molecule has 0 spiro atoms. The van der Waals surface area contributed by atoms with Crippen molar-refractivity contribution in [3.63, 3.8) is 0 Å². The van der Waals surface area contributed by atoms with Gasteiger partial charge in [0.2, 0.25) is 0 Å². The zero-order valence-electron chi connectivity index (χ0n) is 15.4. The number of ether oxygens (including phenoxy) is 1. The van der Waals surface area contributed by atoms with E-state index in [2.05, 4.69) is 0 Å². The van der Waals surface area contributed by atoms with E-state index in [9.17, 15) is 14.7 Å². The fourth-order valence-electron chi connectivity index (χ4n) is 4.21. The Labute approximate surface area is 158 Å². The first-order valence-electron chi connectivity index (χ1n) is 8.95. The third kappa shape index (κ3) is 2.63. The van der Waals surface area contributed by atoms with Crippen molar-refractivity contribution in [2.45, 2.75) is 5.92 Å². The first-order valence-corrected chi connectivity index (χ1v) is 8.95. The maximum absolute atomic E-state index is 13.3. The van der Waals surface area contributed by atoms with Gasteiger partial charge in [-0.1, -0.05) is 30.3 Å². The molecule has 140 valence electrons. The van der Waals surface area contributed by atoms with Crippen LogP contribution in [0.3, 0.4) is 0 Å². The number of nitrogens with zero attached hydrogens (tertiary/aromatic N) is 2. The van der Waals surface area contributed by atoms with Crippen LogP contribution in [-0.4, -0.2) is 55.7 Å². The quantitative estimate of drug-likeness (QED) is 0.904. The normalized spacial score (nSPS) is 23.2. The molecule has 0 unspecified atom stereocenters. The van der Waals surface area contributed by atoms with E-state index in [1.807, 2.05) is 61.5 Å². The molecule has 1 N–H and O–H groups in total. The molecular formula is C21H22N2O4. The van der Waals surface area contributed by atoms with Gasteiger partial charge in [0, 0.05) is 44.4 Å². The summed E-state index contributed by atoms with van der Waals surface area (Å²) >= 11 is 0. The molecule has 6 heteroatoms. The van der Waals surface area contributed by atoms with Gasteiger partial charge in [-0.2, -0.15) is 0 Å². The Balaban J connectivity index is 1.72. The molecule has 0 aromatic heterocycles. The molecule has 2 aliphatic heterocycles. The maximum Gasteiger partial charge on any atom is 0.315 e. The van der Waals surface area contributed by atoms with E-state index in [1.165, 1.54) is 0 Å². The number of hydrogen-bond acceptors (Lipinski definition) is 4. The molecule has 2 atom stereocenters. The molecule has 2 aromatic carbocycles. The Morgan fingerprint density at radius 3 is 2.59 bits per heavy atom. The minimum Gasteiger partial charge on any atom is -0.492 e. The van der Waals surface area contributed by atoms with Crippen LogP contribution >= 0.6 is 0 Å². The van der Waals surface area contributed by atoms with Gasteiger partial charge < -0.3 is 19.6 Å². The van der Waals surface area contributed by atoms with Crippen LogP contribution < -0.4 is 9.64 Å². The van der Waals surface area contributed by atoms with Gasteiger partial charge in [-0.25, -0.2) is 0 Å². The molecular weight excluding hydrogens is 344 g/mol. The average Bonchev–Trinajstić information content (AvgIpc) is 3.09. The van der Waals surface area contributed by atoms with E-state index in [4.69, 9.17) is 4.74 Å². The molecule has 6 nitrogen and oxygen atoms in total. The third-order valence-corrected chi connectivity index (χ3v) is 5.65. The monoisotopic (exact) mass is 366 g/mol. The number of carboxylic acids is 1. The van der Waals surface area contributed by atoms with Crippen molar-refractivity contribution in [3.8, 4) is 5.75 Å². The van der Waals surface area contributed by atoms with E-state index in [0.717, 1.165) is 11.3 Å². The molecule has 2 aromatic rings. The Hall–Kier alpha value is -3.02. The Bertz CT molecular complexity index is 911. The van der Waals surface area contributed by atoms with Crippen molar-refractivity contribution in [2.75, 3.05) is 38.7 Å². The topological polar surface area (TPSA) is 70.1 Å². The summed E-state index contributed by atoms with van der Waals surface area (Å²) in [7, 11) is 3.78. The minimum atomic E-state index is -1.11. The lowest BCUT2D eigenvalue weighted by atomic mass is 9.73. The molecule has 4 rings (SSSR count). The first-order chi connectivity index (χ1) is 12.9. The Morgan fingerprint density at radius 2 is 1.85 bits per heavy atom. The molecule has 1 amide bonds. The molecule has 2 heterocycles. The summed E-state index contributed by atoms with van der Waals surface area (Å²) < 4.78 is 5.77. The van der Waals surface area contributed by atoms with Crippen LogP contribution in [0.2, 0.25) is 0 Å². The molecule has 0 aliphatic carbocycles. The van der Waals surface area contributed by atoms with E-state index < -0.39 is 11.4 Å². The highest BCUT2D eigenvalue weighted by atomic mass is 16.5. The standard InChI is InChI=1S/C21H22N2O4/c1-22(2)17-9-5-3-8-15(17)19(24)23-11-16-14-7-4-6-10-18(14)27-13-21(16,12-23)20(25)26/h3-10,16H,11-13H2,1-2H3,(H,25,26)/t16-,21-/m1/s1. The highest BCUT2D eigenvalue weighted by Crippen LogP contribution is 2.50. The van der Waals surface area contributed by atoms with Crippen LogP contribution in [0.25, 0.3) is 0 Å². The molecule has 0 radical (unpaired) electrons. The van der Waals surface area contributed by atoms with Gasteiger partial charge in [-0.15, -0.1) is 0 Å². The van der Waals surface area contributed by atoms with Crippen LogP contribution in [0.4, 0.5) is 5.69 Å². The first kappa shape index (κ1) is 17.4. The fraction of sp³-hybridized carbons (Fsp3) is 0.333. The summed E-state index contributed by atoms with van der Waals surface area (Å²) in [6.07, 6.45) is 0. The largest absolute Gasteiger partial charge is 0.492 e. The number of benzene rings is 2. The van der Waals surface area contributed by atoms with Crippen molar-refractivity contribution < 1.29 is 19.4 Å². The summed E-state index contributed by atoms with van der Waals surface area (Å²) in [5.74, 6) is -0.636. The number of aliphatic carboxylic acids is 1. The number of hydrogen-bond donors (Lipinski definition) is 1. The molecule has 27 heavy (non-hydrogen) atoms. The zero-order valence-corrected chi connectivity index (χ0v) is 15.4. The second-order valence-corrected chi connectivity index (χ2v) is 7.44. The van der Waals surface area contributed by atoms with Crippen molar-refractivity contribution in [1.82, 2.24) is 4.90 Å². The van der Waals surface area contributed by atoms with Crippen molar-refractivity contribution in [3.05, 3.63) is 59.7 Å². The van der Waals surface area contributed by atoms with Gasteiger partial charge in [0.1, 0.15) is 17.8 Å². The maximum atomic E-state index is 13.3. The molecule has 0 saturated carbocycles. The number of amides is 1. The number of likely N-dealkylation sites (tertiary alicyclic amines) is 1. The van der Waals surface area contributed by atoms with Crippen LogP contribution in [0.15, 0.2) is 48.5 Å². The van der Waals surface area contributed by atoms with Gasteiger partial charge in [-0.05, 0) is 18.2 Å². The van der Waals surface area contributed by atoms with Gasteiger partial charge in [0.25, 0.3) is 5.91 Å². The van der Waals surface area contributed by atoms with Gasteiger partial charge in [0.15, 0.2) is 0 Å². The summed E-state index contributed by atoms with van der Waals surface area (Å²) in [6, 6.07) is 14.9. The Morgan fingerprint density at radius 1 is 1.15 bits per heavy atom. The number of carbonyl (C=O) groups is 2. The average molecular weight is 366 g/mol. The molecule has 0 bridgehead atoms. The van der Waals surface area contributed by atoms with Gasteiger partial charge in [0.05, 0.1) is 5.56 Å². The third-order valence-electron chi connectivity index (χ3n) is 5.65.